The van der Waals surface area contributed by atoms with Crippen LogP contribution in [0.25, 0.3) is 0 Å². The Bertz CT molecular complexity index is 375. The maximum absolute atomic E-state index is 11.7. The van der Waals surface area contributed by atoms with Gasteiger partial charge in [-0.3, -0.25) is 4.79 Å². The first-order valence-corrected chi connectivity index (χ1v) is 6.53. The van der Waals surface area contributed by atoms with Crippen LogP contribution in [0.1, 0.15) is 19.3 Å². The molecular weight excluding hydrogens is 248 g/mol. The first-order chi connectivity index (χ1) is 9.11. The second kappa shape index (κ2) is 5.61. The molecule has 0 aromatic heterocycles. The van der Waals surface area contributed by atoms with Gasteiger partial charge in [-0.15, -0.1) is 0 Å². The summed E-state index contributed by atoms with van der Waals surface area (Å²) in [6, 6.07) is 0. The molecular formula is C13H20N2O4. The molecule has 0 radical (unpaired) electrons. The Morgan fingerprint density at radius 1 is 1.58 bits per heavy atom. The summed E-state index contributed by atoms with van der Waals surface area (Å²) in [6.07, 6.45) is 2.85. The predicted molar refractivity (Wildman–Crippen MR) is 68.3 cm³/mol. The largest absolute Gasteiger partial charge is 0.460 e. The summed E-state index contributed by atoms with van der Waals surface area (Å²) in [5, 5.41) is 0. The molecule has 2 aliphatic heterocycles. The molecule has 2 aliphatic rings. The summed E-state index contributed by atoms with van der Waals surface area (Å²) in [5.74, 6) is -0.182. The highest BCUT2D eigenvalue weighted by Crippen LogP contribution is 2.44. The van der Waals surface area contributed by atoms with Crippen molar-refractivity contribution in [1.82, 2.24) is 4.90 Å². The highest BCUT2D eigenvalue weighted by molar-refractivity contribution is 5.73. The molecule has 2 rings (SSSR count). The molecule has 2 heterocycles. The number of piperidine rings is 1. The Labute approximate surface area is 112 Å². The molecule has 0 saturated carbocycles. The van der Waals surface area contributed by atoms with Crippen LogP contribution in [-0.4, -0.2) is 49.3 Å². The minimum atomic E-state index is -0.329. The van der Waals surface area contributed by atoms with E-state index in [0.717, 1.165) is 12.8 Å². The molecule has 0 bridgehead atoms. The van der Waals surface area contributed by atoms with Gasteiger partial charge >= 0.3 is 12.1 Å². The Morgan fingerprint density at radius 2 is 2.26 bits per heavy atom. The first-order valence-electron chi connectivity index (χ1n) is 6.53. The van der Waals surface area contributed by atoms with Crippen molar-refractivity contribution in [1.29, 1.82) is 0 Å². The maximum Gasteiger partial charge on any atom is 0.410 e. The van der Waals surface area contributed by atoms with Crippen LogP contribution in [0.15, 0.2) is 12.7 Å². The van der Waals surface area contributed by atoms with Crippen LogP contribution < -0.4 is 5.73 Å². The number of carbonyl (C=O) groups excluding carboxylic acids is 2. The van der Waals surface area contributed by atoms with Gasteiger partial charge in [0.15, 0.2) is 0 Å². The average Bonchev–Trinajstić information content (AvgIpc) is 2.72. The highest BCUT2D eigenvalue weighted by Gasteiger charge is 2.50. The zero-order chi connectivity index (χ0) is 13.9. The zero-order valence-corrected chi connectivity index (χ0v) is 11.0. The molecule has 6 heteroatoms. The van der Waals surface area contributed by atoms with E-state index in [9.17, 15) is 9.59 Å². The number of hydrogen-bond donors (Lipinski definition) is 1. The van der Waals surface area contributed by atoms with Crippen molar-refractivity contribution in [2.24, 2.45) is 11.1 Å². The van der Waals surface area contributed by atoms with E-state index in [0.29, 0.717) is 26.1 Å². The molecule has 6 nitrogen and oxygen atoms in total. The van der Waals surface area contributed by atoms with Crippen molar-refractivity contribution in [2.45, 2.75) is 25.4 Å². The lowest BCUT2D eigenvalue weighted by Gasteiger charge is -2.40. The third-order valence-corrected chi connectivity index (χ3v) is 4.01. The second-order valence-corrected chi connectivity index (χ2v) is 5.11. The summed E-state index contributed by atoms with van der Waals surface area (Å²) >= 11 is 0. The fraction of sp³-hybridized carbons (Fsp3) is 0.692. The lowest BCUT2D eigenvalue weighted by atomic mass is 9.73. The van der Waals surface area contributed by atoms with E-state index in [1.165, 1.54) is 6.08 Å². The smallest absolute Gasteiger partial charge is 0.410 e. The summed E-state index contributed by atoms with van der Waals surface area (Å²) in [4.78, 5) is 24.8. The molecule has 1 atom stereocenters. The Kier molecular flexibility index (Phi) is 4.09. The summed E-state index contributed by atoms with van der Waals surface area (Å²) in [7, 11) is 0. The highest BCUT2D eigenvalue weighted by atomic mass is 16.6. The Morgan fingerprint density at radius 3 is 2.84 bits per heavy atom. The summed E-state index contributed by atoms with van der Waals surface area (Å²) in [6.45, 7) is 5.20. The number of rotatable bonds is 3. The van der Waals surface area contributed by atoms with E-state index in [2.05, 4.69) is 6.58 Å². The van der Waals surface area contributed by atoms with Crippen LogP contribution >= 0.6 is 0 Å². The molecule has 2 saturated heterocycles. The fourth-order valence-corrected chi connectivity index (χ4v) is 2.88. The van der Waals surface area contributed by atoms with Crippen molar-refractivity contribution in [3.8, 4) is 0 Å². The average molecular weight is 268 g/mol. The van der Waals surface area contributed by atoms with Crippen LogP contribution in [0.5, 0.6) is 0 Å². The predicted octanol–water partition coefficient (Wildman–Crippen LogP) is 0.665. The number of esters is 1. The molecule has 2 N–H and O–H groups in total. The third kappa shape index (κ3) is 2.73. The van der Waals surface area contributed by atoms with Gasteiger partial charge in [0.05, 0.1) is 6.42 Å². The number of hydrogen-bond acceptors (Lipinski definition) is 5. The van der Waals surface area contributed by atoms with Gasteiger partial charge in [0.1, 0.15) is 12.7 Å². The number of nitrogens with zero attached hydrogens (tertiary/aromatic N) is 1. The normalized spacial score (nSPS) is 25.2. The quantitative estimate of drug-likeness (QED) is 0.601. The molecule has 0 aromatic carbocycles. The van der Waals surface area contributed by atoms with Crippen LogP contribution in [0.3, 0.4) is 0 Å². The van der Waals surface area contributed by atoms with E-state index in [4.69, 9.17) is 15.2 Å². The van der Waals surface area contributed by atoms with Gasteiger partial charge in [-0.25, -0.2) is 4.79 Å². The van der Waals surface area contributed by atoms with Crippen LogP contribution in [0.4, 0.5) is 4.79 Å². The number of ether oxygens (including phenoxy) is 2. The number of carbonyl (C=O) groups is 2. The van der Waals surface area contributed by atoms with Crippen LogP contribution in [0.2, 0.25) is 0 Å². The van der Waals surface area contributed by atoms with Crippen molar-refractivity contribution in [2.75, 3.05) is 26.2 Å². The Balaban J connectivity index is 1.93. The van der Waals surface area contributed by atoms with Gasteiger partial charge in [-0.05, 0) is 12.8 Å². The van der Waals surface area contributed by atoms with Crippen molar-refractivity contribution < 1.29 is 19.1 Å². The van der Waals surface area contributed by atoms with Crippen molar-refractivity contribution >= 4 is 12.1 Å². The minimum Gasteiger partial charge on any atom is -0.460 e. The topological polar surface area (TPSA) is 81.9 Å². The van der Waals surface area contributed by atoms with Gasteiger partial charge < -0.3 is 20.1 Å². The number of likely N-dealkylation sites (tertiary alicyclic amines) is 1. The van der Waals surface area contributed by atoms with Gasteiger partial charge in [-0.1, -0.05) is 12.7 Å². The van der Waals surface area contributed by atoms with Crippen molar-refractivity contribution in [3.05, 3.63) is 12.7 Å². The lowest BCUT2D eigenvalue weighted by Crippen LogP contribution is -2.48. The molecule has 1 unspecified atom stereocenters. The Hall–Kier alpha value is -1.56. The van der Waals surface area contributed by atoms with Crippen LogP contribution in [0, 0.1) is 5.41 Å². The fourth-order valence-electron chi connectivity index (χ4n) is 2.88. The SMILES string of the molecule is C=CCOC(=O)N1CCC2(CC1)CC(=O)OC2CN. The second-order valence-electron chi connectivity index (χ2n) is 5.11. The van der Waals surface area contributed by atoms with E-state index < -0.39 is 0 Å². The molecule has 19 heavy (non-hydrogen) atoms. The van der Waals surface area contributed by atoms with Gasteiger partial charge in [0, 0.05) is 25.0 Å². The monoisotopic (exact) mass is 268 g/mol. The molecule has 1 amide bonds. The van der Waals surface area contributed by atoms with E-state index in [1.54, 1.807) is 4.90 Å². The first kappa shape index (κ1) is 13.9. The number of amides is 1. The molecule has 0 aromatic rings. The van der Waals surface area contributed by atoms with Gasteiger partial charge in [0.2, 0.25) is 0 Å². The van der Waals surface area contributed by atoms with Gasteiger partial charge in [-0.2, -0.15) is 0 Å². The van der Waals surface area contributed by atoms with Crippen LogP contribution in [-0.2, 0) is 14.3 Å². The lowest BCUT2D eigenvalue weighted by molar-refractivity contribution is -0.141. The molecule has 106 valence electrons. The van der Waals surface area contributed by atoms with E-state index >= 15 is 0 Å². The minimum absolute atomic E-state index is 0.182. The third-order valence-electron chi connectivity index (χ3n) is 4.01. The molecule has 0 aliphatic carbocycles. The molecule has 1 spiro atoms. The van der Waals surface area contributed by atoms with Crippen molar-refractivity contribution in [3.63, 3.8) is 0 Å². The van der Waals surface area contributed by atoms with Gasteiger partial charge in [0.25, 0.3) is 0 Å². The maximum atomic E-state index is 11.7. The van der Waals surface area contributed by atoms with E-state index in [1.807, 2.05) is 0 Å². The number of nitrogens with two attached hydrogens (primary N) is 1. The standard InChI is InChI=1S/C13H20N2O4/c1-2-7-18-12(17)15-5-3-13(4-6-15)8-11(16)19-10(13)9-14/h2,10H,1,3-9,14H2. The van der Waals surface area contributed by atoms with E-state index in [-0.39, 0.29) is 30.2 Å². The summed E-state index contributed by atoms with van der Waals surface area (Å²) in [5.41, 5.74) is 5.47. The molecule has 2 fully saturated rings. The summed E-state index contributed by atoms with van der Waals surface area (Å²) < 4.78 is 10.3. The zero-order valence-electron chi connectivity index (χ0n) is 11.0. The number of cyclic esters (lactones) is 1.